The average molecular weight is 337 g/mol. The molecule has 0 spiro atoms. The summed E-state index contributed by atoms with van der Waals surface area (Å²) < 4.78 is 1.15. The van der Waals surface area contributed by atoms with Gasteiger partial charge in [0, 0.05) is 15.4 Å². The molecule has 100 valence electrons. The highest BCUT2D eigenvalue weighted by Crippen LogP contribution is 2.34. The molecule has 1 atom stereocenters. The zero-order valence-corrected chi connectivity index (χ0v) is 13.5. The summed E-state index contributed by atoms with van der Waals surface area (Å²) in [6.45, 7) is 4.23. The van der Waals surface area contributed by atoms with E-state index < -0.39 is 0 Å². The van der Waals surface area contributed by atoms with E-state index in [1.54, 1.807) is 11.3 Å². The summed E-state index contributed by atoms with van der Waals surface area (Å²) in [6, 6.07) is 9.29. The molecule has 1 fully saturated rings. The van der Waals surface area contributed by atoms with E-state index in [9.17, 15) is 0 Å². The minimum atomic E-state index is 0.209. The lowest BCUT2D eigenvalue weighted by Gasteiger charge is -2.18. The van der Waals surface area contributed by atoms with Crippen molar-refractivity contribution in [2.75, 3.05) is 0 Å². The maximum atomic E-state index is 4.74. The van der Waals surface area contributed by atoms with Gasteiger partial charge in [0.15, 0.2) is 0 Å². The summed E-state index contributed by atoms with van der Waals surface area (Å²) in [5.74, 6) is 0. The predicted molar refractivity (Wildman–Crippen MR) is 83.7 cm³/mol. The van der Waals surface area contributed by atoms with Crippen LogP contribution in [0.3, 0.4) is 0 Å². The summed E-state index contributed by atoms with van der Waals surface area (Å²) in [5, 5.41) is 4.90. The summed E-state index contributed by atoms with van der Waals surface area (Å²) in [6.07, 6.45) is 2.56. The average Bonchev–Trinajstić information content (AvgIpc) is 3.14. The second-order valence-corrected chi connectivity index (χ2v) is 7.18. The molecule has 0 aliphatic heterocycles. The molecule has 1 saturated carbocycles. The van der Waals surface area contributed by atoms with E-state index in [-0.39, 0.29) is 6.04 Å². The van der Waals surface area contributed by atoms with E-state index in [0.717, 1.165) is 10.2 Å². The van der Waals surface area contributed by atoms with E-state index in [1.165, 1.54) is 28.3 Å². The van der Waals surface area contributed by atoms with E-state index in [0.29, 0.717) is 6.04 Å². The van der Waals surface area contributed by atoms with Crippen molar-refractivity contribution in [2.24, 2.45) is 0 Å². The Morgan fingerprint density at radius 3 is 2.63 bits per heavy atom. The minimum Gasteiger partial charge on any atom is -0.301 e. The number of rotatable bonds is 4. The zero-order valence-electron chi connectivity index (χ0n) is 11.1. The number of aryl methyl sites for hydroxylation is 2. The van der Waals surface area contributed by atoms with Crippen LogP contribution < -0.4 is 5.32 Å². The molecule has 0 saturated heterocycles. The third kappa shape index (κ3) is 2.91. The van der Waals surface area contributed by atoms with Gasteiger partial charge in [0.1, 0.15) is 5.01 Å². The number of hydrogen-bond donors (Lipinski definition) is 1. The molecule has 0 amide bonds. The summed E-state index contributed by atoms with van der Waals surface area (Å²) >= 11 is 5.47. The number of aromatic nitrogens is 1. The van der Waals surface area contributed by atoms with Crippen LogP contribution in [-0.2, 0) is 0 Å². The first-order valence-electron chi connectivity index (χ1n) is 6.59. The molecule has 0 bridgehead atoms. The van der Waals surface area contributed by atoms with Crippen LogP contribution in [0.2, 0.25) is 0 Å². The zero-order chi connectivity index (χ0) is 13.4. The van der Waals surface area contributed by atoms with E-state index in [4.69, 9.17) is 4.98 Å². The Kier molecular flexibility index (Phi) is 3.74. The van der Waals surface area contributed by atoms with E-state index in [1.807, 2.05) is 0 Å². The number of nitrogens with one attached hydrogen (secondary N) is 1. The van der Waals surface area contributed by atoms with Gasteiger partial charge in [-0.1, -0.05) is 34.1 Å². The van der Waals surface area contributed by atoms with Gasteiger partial charge in [-0.2, -0.15) is 0 Å². The molecular weight excluding hydrogens is 320 g/mol. The fraction of sp³-hybridized carbons (Fsp3) is 0.400. The lowest BCUT2D eigenvalue weighted by atomic mass is 10.1. The molecule has 4 heteroatoms. The van der Waals surface area contributed by atoms with Crippen molar-refractivity contribution in [3.63, 3.8) is 0 Å². The normalized spacial score (nSPS) is 16.6. The van der Waals surface area contributed by atoms with Crippen LogP contribution in [0.5, 0.6) is 0 Å². The molecule has 3 rings (SSSR count). The number of hydrogen-bond acceptors (Lipinski definition) is 3. The lowest BCUT2D eigenvalue weighted by Crippen LogP contribution is -2.24. The number of nitrogens with zero attached hydrogens (tertiary/aromatic N) is 1. The lowest BCUT2D eigenvalue weighted by molar-refractivity contribution is 0.595. The van der Waals surface area contributed by atoms with Crippen LogP contribution in [0.15, 0.2) is 28.7 Å². The standard InChI is InChI=1S/C15H17BrN2S/c1-9-10(2)19-15(17-9)14(18-11-7-8-11)12-5-3-4-6-13(12)16/h3-6,11,14,18H,7-8H2,1-2H3. The second kappa shape index (κ2) is 5.35. The number of thiazole rings is 1. The Bertz CT molecular complexity index is 570. The molecular formula is C15H17BrN2S. The predicted octanol–water partition coefficient (Wildman–Crippen LogP) is 4.36. The van der Waals surface area contributed by atoms with Gasteiger partial charge in [0.25, 0.3) is 0 Å². The Morgan fingerprint density at radius 1 is 1.32 bits per heavy atom. The molecule has 1 aromatic heterocycles. The van der Waals surface area contributed by atoms with E-state index in [2.05, 4.69) is 59.4 Å². The van der Waals surface area contributed by atoms with Crippen LogP contribution in [0.1, 0.15) is 40.0 Å². The Labute approximate surface area is 126 Å². The van der Waals surface area contributed by atoms with Gasteiger partial charge in [0.2, 0.25) is 0 Å². The van der Waals surface area contributed by atoms with Gasteiger partial charge in [-0.25, -0.2) is 4.98 Å². The maximum absolute atomic E-state index is 4.74. The first-order chi connectivity index (χ1) is 9.15. The highest BCUT2D eigenvalue weighted by Gasteiger charge is 2.29. The van der Waals surface area contributed by atoms with Gasteiger partial charge in [-0.15, -0.1) is 11.3 Å². The van der Waals surface area contributed by atoms with Crippen molar-refractivity contribution < 1.29 is 0 Å². The molecule has 2 nitrogen and oxygen atoms in total. The second-order valence-electron chi connectivity index (χ2n) is 5.09. The summed E-state index contributed by atoms with van der Waals surface area (Å²) in [7, 11) is 0. The fourth-order valence-electron chi connectivity index (χ4n) is 2.11. The molecule has 2 aromatic rings. The van der Waals surface area contributed by atoms with Gasteiger partial charge in [0.05, 0.1) is 11.7 Å². The first-order valence-corrected chi connectivity index (χ1v) is 8.20. The molecule has 1 aliphatic carbocycles. The first kappa shape index (κ1) is 13.3. The molecule has 1 N–H and O–H groups in total. The molecule has 19 heavy (non-hydrogen) atoms. The maximum Gasteiger partial charge on any atom is 0.115 e. The Hall–Kier alpha value is -0.710. The number of benzene rings is 1. The van der Waals surface area contributed by atoms with Gasteiger partial charge >= 0.3 is 0 Å². The van der Waals surface area contributed by atoms with Crippen molar-refractivity contribution in [1.29, 1.82) is 0 Å². The number of halogens is 1. The molecule has 1 unspecified atom stereocenters. The highest BCUT2D eigenvalue weighted by atomic mass is 79.9. The summed E-state index contributed by atoms with van der Waals surface area (Å²) in [4.78, 5) is 6.05. The van der Waals surface area contributed by atoms with Gasteiger partial charge in [-0.3, -0.25) is 0 Å². The van der Waals surface area contributed by atoms with Crippen LogP contribution in [0.4, 0.5) is 0 Å². The van der Waals surface area contributed by atoms with Crippen molar-refractivity contribution in [3.05, 3.63) is 49.9 Å². The smallest absolute Gasteiger partial charge is 0.115 e. The largest absolute Gasteiger partial charge is 0.301 e. The van der Waals surface area contributed by atoms with Crippen molar-refractivity contribution in [2.45, 2.75) is 38.8 Å². The highest BCUT2D eigenvalue weighted by molar-refractivity contribution is 9.10. The van der Waals surface area contributed by atoms with Gasteiger partial charge in [-0.05, 0) is 38.3 Å². The molecule has 1 heterocycles. The Morgan fingerprint density at radius 2 is 2.05 bits per heavy atom. The summed E-state index contributed by atoms with van der Waals surface area (Å²) in [5.41, 5.74) is 2.43. The quantitative estimate of drug-likeness (QED) is 0.896. The third-order valence-corrected chi connectivity index (χ3v) is 5.35. The van der Waals surface area contributed by atoms with Crippen LogP contribution >= 0.6 is 27.3 Å². The van der Waals surface area contributed by atoms with Crippen LogP contribution in [-0.4, -0.2) is 11.0 Å². The van der Waals surface area contributed by atoms with E-state index >= 15 is 0 Å². The molecule has 1 aromatic carbocycles. The van der Waals surface area contributed by atoms with Crippen molar-refractivity contribution in [3.8, 4) is 0 Å². The monoisotopic (exact) mass is 336 g/mol. The molecule has 1 aliphatic rings. The SMILES string of the molecule is Cc1nc(C(NC2CC2)c2ccccc2Br)sc1C. The van der Waals surface area contributed by atoms with Crippen molar-refractivity contribution in [1.82, 2.24) is 10.3 Å². The topological polar surface area (TPSA) is 24.9 Å². The molecule has 0 radical (unpaired) electrons. The van der Waals surface area contributed by atoms with Crippen LogP contribution in [0, 0.1) is 13.8 Å². The fourth-order valence-corrected chi connectivity index (χ4v) is 3.63. The third-order valence-electron chi connectivity index (χ3n) is 3.49. The van der Waals surface area contributed by atoms with Gasteiger partial charge < -0.3 is 5.32 Å². The Balaban J connectivity index is 1.99. The van der Waals surface area contributed by atoms with Crippen LogP contribution in [0.25, 0.3) is 0 Å². The van der Waals surface area contributed by atoms with Crippen molar-refractivity contribution >= 4 is 27.3 Å². The minimum absolute atomic E-state index is 0.209.